The molecule has 0 amide bonds. The number of carboxylic acids is 1. The van der Waals surface area contributed by atoms with Gasteiger partial charge in [0.2, 0.25) is 10.0 Å². The Labute approximate surface area is 113 Å². The third kappa shape index (κ3) is 4.04. The van der Waals surface area contributed by atoms with Gasteiger partial charge in [-0.1, -0.05) is 19.4 Å². The quantitative estimate of drug-likeness (QED) is 0.839. The Hall–Kier alpha value is -1.40. The van der Waals surface area contributed by atoms with E-state index in [1.807, 2.05) is 6.92 Å². The number of carboxylic acid groups (broad SMARTS) is 1. The standard InChI is InChI=1S/C13H19NO4S/c1-4-5-10(3)14-19(17,18)11-7-6-9(2)12(8-11)13(15)16/h6-8,10,14H,4-5H2,1-3H3,(H,15,16). The molecule has 1 rings (SSSR count). The maximum absolute atomic E-state index is 12.1. The van der Waals surface area contributed by atoms with Crippen molar-refractivity contribution in [3.05, 3.63) is 29.3 Å². The van der Waals surface area contributed by atoms with Crippen LogP contribution in [0.3, 0.4) is 0 Å². The number of benzene rings is 1. The van der Waals surface area contributed by atoms with E-state index in [1.165, 1.54) is 18.2 Å². The molecule has 0 spiro atoms. The minimum Gasteiger partial charge on any atom is -0.478 e. The first-order chi connectivity index (χ1) is 8.77. The van der Waals surface area contributed by atoms with Crippen LogP contribution >= 0.6 is 0 Å². The van der Waals surface area contributed by atoms with E-state index in [-0.39, 0.29) is 16.5 Å². The van der Waals surface area contributed by atoms with Gasteiger partial charge in [0.15, 0.2) is 0 Å². The minimum absolute atomic E-state index is 0.00557. The van der Waals surface area contributed by atoms with Gasteiger partial charge < -0.3 is 5.11 Å². The van der Waals surface area contributed by atoms with Crippen LogP contribution in [0.1, 0.15) is 42.6 Å². The van der Waals surface area contributed by atoms with E-state index in [0.29, 0.717) is 5.56 Å². The second-order valence-corrected chi connectivity index (χ2v) is 6.31. The summed E-state index contributed by atoms with van der Waals surface area (Å²) in [6, 6.07) is 3.94. The van der Waals surface area contributed by atoms with Crippen LogP contribution in [-0.2, 0) is 10.0 Å². The highest BCUT2D eigenvalue weighted by molar-refractivity contribution is 7.89. The SMILES string of the molecule is CCCC(C)NS(=O)(=O)c1ccc(C)c(C(=O)O)c1. The molecule has 0 aliphatic carbocycles. The monoisotopic (exact) mass is 285 g/mol. The molecule has 6 heteroatoms. The number of hydrogen-bond donors (Lipinski definition) is 2. The van der Waals surface area contributed by atoms with E-state index < -0.39 is 16.0 Å². The highest BCUT2D eigenvalue weighted by Crippen LogP contribution is 2.16. The lowest BCUT2D eigenvalue weighted by atomic mass is 10.1. The lowest BCUT2D eigenvalue weighted by Crippen LogP contribution is -2.32. The van der Waals surface area contributed by atoms with Gasteiger partial charge in [-0.25, -0.2) is 17.9 Å². The Bertz CT molecular complexity index is 566. The molecular weight excluding hydrogens is 266 g/mol. The first kappa shape index (κ1) is 15.7. The van der Waals surface area contributed by atoms with Gasteiger partial charge in [-0.3, -0.25) is 0 Å². The zero-order chi connectivity index (χ0) is 14.6. The highest BCUT2D eigenvalue weighted by atomic mass is 32.2. The van der Waals surface area contributed by atoms with Crippen LogP contribution in [0.25, 0.3) is 0 Å². The molecule has 0 bridgehead atoms. The Morgan fingerprint density at radius 2 is 2.05 bits per heavy atom. The molecule has 2 N–H and O–H groups in total. The molecule has 0 aliphatic rings. The number of aryl methyl sites for hydroxylation is 1. The predicted octanol–water partition coefficient (Wildman–Crippen LogP) is 2.16. The topological polar surface area (TPSA) is 83.5 Å². The number of hydrogen-bond acceptors (Lipinski definition) is 3. The summed E-state index contributed by atoms with van der Waals surface area (Å²) in [4.78, 5) is 11.0. The summed E-state index contributed by atoms with van der Waals surface area (Å²) < 4.78 is 26.7. The van der Waals surface area contributed by atoms with Crippen molar-refractivity contribution >= 4 is 16.0 Å². The Kier molecular flexibility index (Phi) is 5.08. The van der Waals surface area contributed by atoms with Gasteiger partial charge in [0.25, 0.3) is 0 Å². The number of carbonyl (C=O) groups is 1. The summed E-state index contributed by atoms with van der Waals surface area (Å²) in [7, 11) is -3.67. The van der Waals surface area contributed by atoms with Crippen LogP contribution in [-0.4, -0.2) is 25.5 Å². The average molecular weight is 285 g/mol. The second-order valence-electron chi connectivity index (χ2n) is 4.59. The average Bonchev–Trinajstić information content (AvgIpc) is 2.28. The molecule has 19 heavy (non-hydrogen) atoms. The Morgan fingerprint density at radius 1 is 1.42 bits per heavy atom. The van der Waals surface area contributed by atoms with E-state index in [0.717, 1.165) is 12.8 Å². The van der Waals surface area contributed by atoms with Crippen LogP contribution in [0.15, 0.2) is 23.1 Å². The molecule has 1 aromatic rings. The van der Waals surface area contributed by atoms with Gasteiger partial charge in [-0.05, 0) is 38.0 Å². The van der Waals surface area contributed by atoms with Gasteiger partial charge in [0.05, 0.1) is 10.5 Å². The zero-order valence-electron chi connectivity index (χ0n) is 11.3. The van der Waals surface area contributed by atoms with Crippen molar-refractivity contribution in [2.75, 3.05) is 0 Å². The summed E-state index contributed by atoms with van der Waals surface area (Å²) in [6.07, 6.45) is 1.61. The molecule has 0 aliphatic heterocycles. The molecule has 0 saturated carbocycles. The van der Waals surface area contributed by atoms with Crippen molar-refractivity contribution in [2.45, 2.75) is 44.6 Å². The fourth-order valence-corrected chi connectivity index (χ4v) is 3.13. The summed E-state index contributed by atoms with van der Waals surface area (Å²) in [6.45, 7) is 5.39. The van der Waals surface area contributed by atoms with Gasteiger partial charge in [0.1, 0.15) is 0 Å². The molecule has 1 unspecified atom stereocenters. The van der Waals surface area contributed by atoms with E-state index in [9.17, 15) is 13.2 Å². The van der Waals surface area contributed by atoms with Crippen LogP contribution in [0, 0.1) is 6.92 Å². The molecule has 1 aromatic carbocycles. The third-order valence-electron chi connectivity index (χ3n) is 2.83. The number of rotatable bonds is 6. The number of nitrogens with one attached hydrogen (secondary N) is 1. The van der Waals surface area contributed by atoms with Crippen LogP contribution in [0.2, 0.25) is 0 Å². The summed E-state index contributed by atoms with van der Waals surface area (Å²) in [5, 5.41) is 9.01. The van der Waals surface area contributed by atoms with Crippen molar-refractivity contribution in [1.82, 2.24) is 4.72 Å². The van der Waals surface area contributed by atoms with Crippen molar-refractivity contribution in [3.8, 4) is 0 Å². The van der Waals surface area contributed by atoms with Crippen LogP contribution in [0.5, 0.6) is 0 Å². The maximum atomic E-state index is 12.1. The Morgan fingerprint density at radius 3 is 2.58 bits per heavy atom. The molecule has 106 valence electrons. The lowest BCUT2D eigenvalue weighted by Gasteiger charge is -2.14. The normalized spacial score (nSPS) is 13.2. The zero-order valence-corrected chi connectivity index (χ0v) is 12.1. The molecule has 0 radical (unpaired) electrons. The number of sulfonamides is 1. The van der Waals surface area contributed by atoms with Gasteiger partial charge in [-0.2, -0.15) is 0 Å². The summed E-state index contributed by atoms with van der Waals surface area (Å²) in [5.41, 5.74) is 0.541. The highest BCUT2D eigenvalue weighted by Gasteiger charge is 2.19. The largest absolute Gasteiger partial charge is 0.478 e. The van der Waals surface area contributed by atoms with Gasteiger partial charge >= 0.3 is 5.97 Å². The first-order valence-corrected chi connectivity index (χ1v) is 7.62. The molecule has 0 saturated heterocycles. The lowest BCUT2D eigenvalue weighted by molar-refractivity contribution is 0.0696. The van der Waals surface area contributed by atoms with Gasteiger partial charge in [-0.15, -0.1) is 0 Å². The molecule has 0 fully saturated rings. The first-order valence-electron chi connectivity index (χ1n) is 6.14. The fourth-order valence-electron chi connectivity index (χ4n) is 1.82. The maximum Gasteiger partial charge on any atom is 0.335 e. The van der Waals surface area contributed by atoms with E-state index in [2.05, 4.69) is 4.72 Å². The molecule has 0 aromatic heterocycles. The predicted molar refractivity (Wildman–Crippen MR) is 72.8 cm³/mol. The fraction of sp³-hybridized carbons (Fsp3) is 0.462. The second kappa shape index (κ2) is 6.16. The minimum atomic E-state index is -3.67. The van der Waals surface area contributed by atoms with Crippen molar-refractivity contribution < 1.29 is 18.3 Å². The van der Waals surface area contributed by atoms with Crippen molar-refractivity contribution in [3.63, 3.8) is 0 Å². The van der Waals surface area contributed by atoms with E-state index in [4.69, 9.17) is 5.11 Å². The molecule has 1 atom stereocenters. The van der Waals surface area contributed by atoms with Gasteiger partial charge in [0, 0.05) is 6.04 Å². The summed E-state index contributed by atoms with van der Waals surface area (Å²) in [5.74, 6) is -1.13. The van der Waals surface area contributed by atoms with Crippen LogP contribution in [0.4, 0.5) is 0 Å². The van der Waals surface area contributed by atoms with Crippen molar-refractivity contribution in [1.29, 1.82) is 0 Å². The molecular formula is C13H19NO4S. The molecule has 0 heterocycles. The third-order valence-corrected chi connectivity index (χ3v) is 4.41. The smallest absolute Gasteiger partial charge is 0.335 e. The summed E-state index contributed by atoms with van der Waals surface area (Å²) >= 11 is 0. The van der Waals surface area contributed by atoms with E-state index in [1.54, 1.807) is 13.8 Å². The van der Waals surface area contributed by atoms with E-state index >= 15 is 0 Å². The number of aromatic carboxylic acids is 1. The van der Waals surface area contributed by atoms with Crippen molar-refractivity contribution in [2.24, 2.45) is 0 Å². The van der Waals surface area contributed by atoms with Crippen LogP contribution < -0.4 is 4.72 Å². The Balaban J connectivity index is 3.08. The molecule has 5 nitrogen and oxygen atoms in total.